The molecule has 0 aromatic heterocycles. The van der Waals surface area contributed by atoms with E-state index in [-0.39, 0.29) is 0 Å². The van der Waals surface area contributed by atoms with Crippen LogP contribution in [-0.4, -0.2) is 47.7 Å². The third-order valence-electron chi connectivity index (χ3n) is 3.95. The summed E-state index contributed by atoms with van der Waals surface area (Å²) in [6, 6.07) is 0. The van der Waals surface area contributed by atoms with Gasteiger partial charge in [0.25, 0.3) is 0 Å². The minimum atomic E-state index is -0.774. The molecule has 0 radical (unpaired) electrons. The maximum atomic E-state index is 11.3. The molecule has 1 rings (SSSR count). The molecule has 1 unspecified atom stereocenters. The van der Waals surface area contributed by atoms with Gasteiger partial charge >= 0.3 is 5.97 Å². The summed E-state index contributed by atoms with van der Waals surface area (Å²) in [5.41, 5.74) is -0.345. The van der Waals surface area contributed by atoms with Crippen LogP contribution in [0.2, 0.25) is 0 Å². The highest BCUT2D eigenvalue weighted by Gasteiger charge is 2.33. The SMILES string of the molecule is CCNC(C)(CCCN1CCC(C)(C)C1)C(=O)O. The second-order valence-corrected chi connectivity index (χ2v) is 6.46. The Balaban J connectivity index is 2.34. The first-order chi connectivity index (χ1) is 8.29. The minimum absolute atomic E-state index is 0.428. The Labute approximate surface area is 111 Å². The average molecular weight is 256 g/mol. The lowest BCUT2D eigenvalue weighted by Gasteiger charge is -2.27. The molecule has 1 fully saturated rings. The number of carboxylic acid groups (broad SMARTS) is 1. The van der Waals surface area contributed by atoms with E-state index in [1.807, 2.05) is 6.92 Å². The van der Waals surface area contributed by atoms with Crippen LogP contribution >= 0.6 is 0 Å². The number of hydrogen-bond donors (Lipinski definition) is 2. The third-order valence-corrected chi connectivity index (χ3v) is 3.95. The van der Waals surface area contributed by atoms with E-state index in [1.165, 1.54) is 6.42 Å². The first kappa shape index (κ1) is 15.4. The van der Waals surface area contributed by atoms with Crippen molar-refractivity contribution in [2.45, 2.75) is 52.5 Å². The van der Waals surface area contributed by atoms with Crippen LogP contribution in [0.3, 0.4) is 0 Å². The Morgan fingerprint density at radius 2 is 2.17 bits per heavy atom. The van der Waals surface area contributed by atoms with Gasteiger partial charge in [-0.05, 0) is 51.2 Å². The quantitative estimate of drug-likeness (QED) is 0.731. The first-order valence-electron chi connectivity index (χ1n) is 7.00. The molecule has 0 aromatic rings. The molecule has 1 atom stereocenters. The van der Waals surface area contributed by atoms with E-state index in [9.17, 15) is 9.90 Å². The largest absolute Gasteiger partial charge is 0.480 e. The van der Waals surface area contributed by atoms with Gasteiger partial charge in [-0.15, -0.1) is 0 Å². The van der Waals surface area contributed by atoms with Gasteiger partial charge in [-0.3, -0.25) is 4.79 Å². The number of nitrogens with zero attached hydrogens (tertiary/aromatic N) is 1. The molecule has 18 heavy (non-hydrogen) atoms. The van der Waals surface area contributed by atoms with Gasteiger partial charge in [0.2, 0.25) is 0 Å². The van der Waals surface area contributed by atoms with Gasteiger partial charge in [-0.1, -0.05) is 20.8 Å². The van der Waals surface area contributed by atoms with Crippen molar-refractivity contribution in [2.24, 2.45) is 5.41 Å². The molecule has 2 N–H and O–H groups in total. The normalized spacial score (nSPS) is 22.9. The Bertz CT molecular complexity index is 292. The Hall–Kier alpha value is -0.610. The van der Waals surface area contributed by atoms with Crippen LogP contribution in [-0.2, 0) is 4.79 Å². The fourth-order valence-electron chi connectivity index (χ4n) is 2.73. The van der Waals surface area contributed by atoms with Crippen LogP contribution in [0, 0.1) is 5.41 Å². The van der Waals surface area contributed by atoms with Crippen LogP contribution in [0.15, 0.2) is 0 Å². The molecule has 0 bridgehead atoms. The molecule has 0 saturated carbocycles. The Morgan fingerprint density at radius 1 is 1.50 bits per heavy atom. The van der Waals surface area contributed by atoms with Gasteiger partial charge in [0.05, 0.1) is 0 Å². The topological polar surface area (TPSA) is 52.6 Å². The van der Waals surface area contributed by atoms with Crippen LogP contribution in [0.25, 0.3) is 0 Å². The molecule has 1 aliphatic heterocycles. The van der Waals surface area contributed by atoms with Gasteiger partial charge in [0.1, 0.15) is 5.54 Å². The van der Waals surface area contributed by atoms with E-state index >= 15 is 0 Å². The fraction of sp³-hybridized carbons (Fsp3) is 0.929. The number of carboxylic acids is 1. The van der Waals surface area contributed by atoms with Gasteiger partial charge < -0.3 is 15.3 Å². The average Bonchev–Trinajstić information content (AvgIpc) is 2.58. The molecule has 1 saturated heterocycles. The Morgan fingerprint density at radius 3 is 2.61 bits per heavy atom. The second kappa shape index (κ2) is 6.02. The molecule has 0 amide bonds. The second-order valence-electron chi connectivity index (χ2n) is 6.46. The van der Waals surface area contributed by atoms with E-state index in [1.54, 1.807) is 6.92 Å². The predicted molar refractivity (Wildman–Crippen MR) is 73.8 cm³/mol. The highest BCUT2D eigenvalue weighted by atomic mass is 16.4. The smallest absolute Gasteiger partial charge is 0.323 e. The molecule has 4 nitrogen and oxygen atoms in total. The molecule has 0 spiro atoms. The number of likely N-dealkylation sites (tertiary alicyclic amines) is 1. The molecule has 1 aliphatic rings. The van der Waals surface area contributed by atoms with Crippen molar-refractivity contribution < 1.29 is 9.90 Å². The highest BCUT2D eigenvalue weighted by Crippen LogP contribution is 2.29. The maximum Gasteiger partial charge on any atom is 0.323 e. The van der Waals surface area contributed by atoms with Crippen LogP contribution in [0.1, 0.15) is 47.0 Å². The number of hydrogen-bond acceptors (Lipinski definition) is 3. The zero-order valence-corrected chi connectivity index (χ0v) is 12.3. The van der Waals surface area contributed by atoms with Crippen molar-refractivity contribution in [1.82, 2.24) is 10.2 Å². The molecule has 4 heteroatoms. The van der Waals surface area contributed by atoms with Gasteiger partial charge in [0, 0.05) is 6.54 Å². The van der Waals surface area contributed by atoms with E-state index in [4.69, 9.17) is 0 Å². The molecule has 1 heterocycles. The van der Waals surface area contributed by atoms with Crippen molar-refractivity contribution in [3.63, 3.8) is 0 Å². The number of aliphatic carboxylic acids is 1. The molecule has 106 valence electrons. The molecular weight excluding hydrogens is 228 g/mol. The lowest BCUT2D eigenvalue weighted by molar-refractivity contribution is -0.144. The van der Waals surface area contributed by atoms with Crippen LogP contribution in [0.4, 0.5) is 0 Å². The number of rotatable bonds is 7. The predicted octanol–water partition coefficient (Wildman–Crippen LogP) is 1.95. The summed E-state index contributed by atoms with van der Waals surface area (Å²) >= 11 is 0. The van der Waals surface area contributed by atoms with E-state index in [2.05, 4.69) is 24.1 Å². The number of likely N-dealkylation sites (N-methyl/N-ethyl adjacent to an activating group) is 1. The third kappa shape index (κ3) is 4.25. The summed E-state index contributed by atoms with van der Waals surface area (Å²) in [4.78, 5) is 13.7. The zero-order chi connectivity index (χ0) is 13.8. The summed E-state index contributed by atoms with van der Waals surface area (Å²) in [5, 5.41) is 12.3. The lowest BCUT2D eigenvalue weighted by Crippen LogP contribution is -2.49. The van der Waals surface area contributed by atoms with Gasteiger partial charge in [-0.2, -0.15) is 0 Å². The van der Waals surface area contributed by atoms with Crippen molar-refractivity contribution >= 4 is 5.97 Å². The summed E-state index contributed by atoms with van der Waals surface area (Å²) in [6.07, 6.45) is 2.87. The molecule has 0 aliphatic carbocycles. The summed E-state index contributed by atoms with van der Waals surface area (Å²) < 4.78 is 0. The van der Waals surface area contributed by atoms with E-state index in [0.29, 0.717) is 18.4 Å². The van der Waals surface area contributed by atoms with Crippen molar-refractivity contribution in [2.75, 3.05) is 26.2 Å². The number of nitrogens with one attached hydrogen (secondary N) is 1. The highest BCUT2D eigenvalue weighted by molar-refractivity contribution is 5.78. The van der Waals surface area contributed by atoms with Crippen molar-refractivity contribution in [1.29, 1.82) is 0 Å². The zero-order valence-electron chi connectivity index (χ0n) is 12.3. The first-order valence-corrected chi connectivity index (χ1v) is 7.00. The number of carbonyl (C=O) groups is 1. The monoisotopic (exact) mass is 256 g/mol. The summed E-state index contributed by atoms with van der Waals surface area (Å²) in [7, 11) is 0. The van der Waals surface area contributed by atoms with Crippen molar-refractivity contribution in [3.05, 3.63) is 0 Å². The lowest BCUT2D eigenvalue weighted by atomic mass is 9.93. The molecular formula is C14H28N2O2. The Kier molecular flexibility index (Phi) is 5.17. The van der Waals surface area contributed by atoms with E-state index in [0.717, 1.165) is 26.1 Å². The van der Waals surface area contributed by atoms with Gasteiger partial charge in [-0.25, -0.2) is 0 Å². The van der Waals surface area contributed by atoms with Crippen molar-refractivity contribution in [3.8, 4) is 0 Å². The maximum absolute atomic E-state index is 11.3. The standard InChI is InChI=1S/C14H28N2O2/c1-5-15-14(4,12(17)18)7-6-9-16-10-8-13(2,3)11-16/h15H,5-11H2,1-4H3,(H,17,18). The minimum Gasteiger partial charge on any atom is -0.480 e. The van der Waals surface area contributed by atoms with Crippen LogP contribution < -0.4 is 5.32 Å². The van der Waals surface area contributed by atoms with Crippen LogP contribution in [0.5, 0.6) is 0 Å². The summed E-state index contributed by atoms with van der Waals surface area (Å²) in [6.45, 7) is 12.3. The van der Waals surface area contributed by atoms with Gasteiger partial charge in [0.15, 0.2) is 0 Å². The fourth-order valence-corrected chi connectivity index (χ4v) is 2.73. The summed E-state index contributed by atoms with van der Waals surface area (Å²) in [5.74, 6) is -0.744. The van der Waals surface area contributed by atoms with E-state index < -0.39 is 11.5 Å². The molecule has 0 aromatic carbocycles.